The quantitative estimate of drug-likeness (QED) is 0.298. The van der Waals surface area contributed by atoms with Crippen LogP contribution in [0.3, 0.4) is 0 Å². The molecule has 0 saturated heterocycles. The molecule has 0 amide bonds. The van der Waals surface area contributed by atoms with Crippen LogP contribution in [0.15, 0.2) is 36.0 Å². The number of hydrogen-bond donors (Lipinski definition) is 0. The second kappa shape index (κ2) is 9.00. The molecule has 120 valence electrons. The fraction of sp³-hybridized carbons (Fsp3) is 0.588. The fourth-order valence-electron chi connectivity index (χ4n) is 1.18. The molecule has 0 fully saturated rings. The van der Waals surface area contributed by atoms with Crippen LogP contribution in [0.4, 0.5) is 0 Å². The summed E-state index contributed by atoms with van der Waals surface area (Å²) < 4.78 is 10.9. The van der Waals surface area contributed by atoms with E-state index in [9.17, 15) is 4.79 Å². The van der Waals surface area contributed by atoms with E-state index in [-0.39, 0.29) is 11.0 Å². The molecule has 0 unspecified atom stereocenters. The summed E-state index contributed by atoms with van der Waals surface area (Å²) in [6, 6.07) is 0. The van der Waals surface area contributed by atoms with Crippen LogP contribution in [0, 0.1) is 0 Å². The van der Waals surface area contributed by atoms with Crippen molar-refractivity contribution in [3.05, 3.63) is 36.0 Å². The van der Waals surface area contributed by atoms with Gasteiger partial charge < -0.3 is 9.16 Å². The van der Waals surface area contributed by atoms with Crippen LogP contribution in [0.1, 0.15) is 34.6 Å². The van der Waals surface area contributed by atoms with Gasteiger partial charge >= 0.3 is 5.97 Å². The van der Waals surface area contributed by atoms with Gasteiger partial charge in [0.15, 0.2) is 8.32 Å². The third-order valence-electron chi connectivity index (χ3n) is 3.65. The smallest absolute Gasteiger partial charge is 0.333 e. The van der Waals surface area contributed by atoms with E-state index in [0.717, 1.165) is 0 Å². The van der Waals surface area contributed by atoms with E-state index in [4.69, 9.17) is 9.16 Å². The van der Waals surface area contributed by atoms with Crippen LogP contribution in [0.25, 0.3) is 0 Å². The molecule has 0 aliphatic heterocycles. The second-order valence-electron chi connectivity index (χ2n) is 6.45. The van der Waals surface area contributed by atoms with Gasteiger partial charge in [0.25, 0.3) is 0 Å². The van der Waals surface area contributed by atoms with Gasteiger partial charge in [0.2, 0.25) is 0 Å². The average molecular weight is 311 g/mol. The largest absolute Gasteiger partial charge is 0.463 e. The Hall–Kier alpha value is -1.13. The van der Waals surface area contributed by atoms with Crippen molar-refractivity contribution in [2.75, 3.05) is 13.2 Å². The fourth-order valence-corrected chi connectivity index (χ4v) is 2.13. The van der Waals surface area contributed by atoms with Crippen molar-refractivity contribution in [2.45, 2.75) is 52.8 Å². The molecule has 0 bridgehead atoms. The van der Waals surface area contributed by atoms with Crippen LogP contribution < -0.4 is 0 Å². The Kier molecular flexibility index (Phi) is 8.52. The van der Waals surface area contributed by atoms with E-state index in [0.29, 0.717) is 18.8 Å². The van der Waals surface area contributed by atoms with Crippen molar-refractivity contribution in [3.8, 4) is 0 Å². The lowest BCUT2D eigenvalue weighted by Crippen LogP contribution is -2.40. The first-order chi connectivity index (χ1) is 9.62. The van der Waals surface area contributed by atoms with Crippen molar-refractivity contribution < 1.29 is 14.0 Å². The van der Waals surface area contributed by atoms with E-state index >= 15 is 0 Å². The van der Waals surface area contributed by atoms with Gasteiger partial charge in [-0.25, -0.2) is 4.79 Å². The van der Waals surface area contributed by atoms with Crippen molar-refractivity contribution in [1.29, 1.82) is 0 Å². The highest BCUT2D eigenvalue weighted by Crippen LogP contribution is 2.36. The normalized spacial score (nSPS) is 14.1. The Morgan fingerprint density at radius 3 is 2.29 bits per heavy atom. The third-order valence-corrected chi connectivity index (χ3v) is 8.15. The number of ether oxygens (including phenoxy) is 1. The van der Waals surface area contributed by atoms with E-state index in [2.05, 4.69) is 33.9 Å². The zero-order valence-corrected chi connectivity index (χ0v) is 15.5. The van der Waals surface area contributed by atoms with Crippen molar-refractivity contribution in [3.63, 3.8) is 0 Å². The predicted molar refractivity (Wildman–Crippen MR) is 91.8 cm³/mol. The molecule has 0 aliphatic rings. The van der Waals surface area contributed by atoms with Crippen LogP contribution in [-0.4, -0.2) is 27.5 Å². The molecule has 3 nitrogen and oxygen atoms in total. The maximum Gasteiger partial charge on any atom is 0.333 e. The van der Waals surface area contributed by atoms with Gasteiger partial charge in [-0.15, -0.1) is 0 Å². The monoisotopic (exact) mass is 310 g/mol. The maximum atomic E-state index is 11.4. The number of rotatable bonds is 7. The molecule has 4 heteroatoms. The lowest BCUT2D eigenvalue weighted by Gasteiger charge is -2.35. The van der Waals surface area contributed by atoms with Gasteiger partial charge in [-0.3, -0.25) is 0 Å². The lowest BCUT2D eigenvalue weighted by molar-refractivity contribution is -0.138. The Morgan fingerprint density at radius 1 is 1.14 bits per heavy atom. The lowest BCUT2D eigenvalue weighted by atomic mass is 10.2. The van der Waals surface area contributed by atoms with Crippen molar-refractivity contribution in [1.82, 2.24) is 0 Å². The summed E-state index contributed by atoms with van der Waals surface area (Å²) in [5.41, 5.74) is 0.596. The van der Waals surface area contributed by atoms with E-state index in [1.807, 2.05) is 24.3 Å². The molecule has 0 radical (unpaired) electrons. The molecule has 0 N–H and O–H groups in total. The SMILES string of the molecule is CCOC(=O)/C(C)=C/C=C/C=C/CO[Si](C)(C)C(C)(C)C. The van der Waals surface area contributed by atoms with Crippen molar-refractivity contribution >= 4 is 14.3 Å². The molecule has 0 saturated carbocycles. The predicted octanol–water partition coefficient (Wildman–Crippen LogP) is 4.63. The Balaban J connectivity index is 4.22. The summed E-state index contributed by atoms with van der Waals surface area (Å²) >= 11 is 0. The molecule has 0 spiro atoms. The molecule has 0 aromatic rings. The van der Waals surface area contributed by atoms with Gasteiger partial charge in [0.05, 0.1) is 13.2 Å². The molecule has 0 aromatic carbocycles. The standard InChI is InChI=1S/C17H30O3Si/c1-8-19-16(18)15(2)13-11-9-10-12-14-20-21(6,7)17(3,4)5/h9-13H,8,14H2,1-7H3/b11-9+,12-10+,15-13+. The number of carbonyl (C=O) groups is 1. The first-order valence-electron chi connectivity index (χ1n) is 7.43. The van der Waals surface area contributed by atoms with Crippen LogP contribution in [0.2, 0.25) is 18.1 Å². The number of allylic oxidation sites excluding steroid dienone is 4. The first-order valence-corrected chi connectivity index (χ1v) is 10.3. The van der Waals surface area contributed by atoms with Crippen LogP contribution >= 0.6 is 0 Å². The minimum atomic E-state index is -1.66. The zero-order valence-electron chi connectivity index (χ0n) is 14.5. The number of esters is 1. The summed E-state index contributed by atoms with van der Waals surface area (Å²) in [7, 11) is -1.66. The molecule has 0 heterocycles. The molecule has 0 aliphatic carbocycles. The highest BCUT2D eigenvalue weighted by atomic mass is 28.4. The van der Waals surface area contributed by atoms with Gasteiger partial charge in [-0.1, -0.05) is 51.2 Å². The molecule has 0 rings (SSSR count). The summed E-state index contributed by atoms with van der Waals surface area (Å²) in [6.07, 6.45) is 9.39. The van der Waals surface area contributed by atoms with E-state index in [1.54, 1.807) is 19.9 Å². The van der Waals surface area contributed by atoms with Gasteiger partial charge in [0.1, 0.15) is 0 Å². The molecular weight excluding hydrogens is 280 g/mol. The maximum absolute atomic E-state index is 11.4. The number of carbonyl (C=O) groups excluding carboxylic acids is 1. The summed E-state index contributed by atoms with van der Waals surface area (Å²) in [5, 5.41) is 0.232. The summed E-state index contributed by atoms with van der Waals surface area (Å²) in [6.45, 7) is 15.7. The van der Waals surface area contributed by atoms with Gasteiger partial charge in [-0.2, -0.15) is 0 Å². The van der Waals surface area contributed by atoms with Gasteiger partial charge in [-0.05, 0) is 32.0 Å². The van der Waals surface area contributed by atoms with Gasteiger partial charge in [0, 0.05) is 5.57 Å². The summed E-state index contributed by atoms with van der Waals surface area (Å²) in [4.78, 5) is 11.4. The van der Waals surface area contributed by atoms with E-state index in [1.165, 1.54) is 0 Å². The molecule has 0 atom stereocenters. The first kappa shape index (κ1) is 19.9. The van der Waals surface area contributed by atoms with Crippen LogP contribution in [-0.2, 0) is 14.0 Å². The highest BCUT2D eigenvalue weighted by Gasteiger charge is 2.36. The molecule has 21 heavy (non-hydrogen) atoms. The van der Waals surface area contributed by atoms with E-state index < -0.39 is 8.32 Å². The molecular formula is C17H30O3Si. The topological polar surface area (TPSA) is 35.5 Å². The minimum absolute atomic E-state index is 0.232. The third kappa shape index (κ3) is 8.02. The van der Waals surface area contributed by atoms with Crippen molar-refractivity contribution in [2.24, 2.45) is 0 Å². The average Bonchev–Trinajstić information content (AvgIpc) is 2.36. The second-order valence-corrected chi connectivity index (χ2v) is 11.3. The zero-order chi connectivity index (χ0) is 16.5. The van der Waals surface area contributed by atoms with Crippen LogP contribution in [0.5, 0.6) is 0 Å². The Bertz CT molecular complexity index is 412. The highest BCUT2D eigenvalue weighted by molar-refractivity contribution is 6.74. The summed E-state index contributed by atoms with van der Waals surface area (Å²) in [5.74, 6) is -0.271. The Morgan fingerprint density at radius 2 is 1.76 bits per heavy atom. The minimum Gasteiger partial charge on any atom is -0.463 e. The molecule has 0 aromatic heterocycles. The number of hydrogen-bond acceptors (Lipinski definition) is 3. The Labute approximate surface area is 130 Å².